The van der Waals surface area contributed by atoms with Gasteiger partial charge in [0.1, 0.15) is 6.04 Å². The van der Waals surface area contributed by atoms with Crippen molar-refractivity contribution in [3.63, 3.8) is 0 Å². The van der Waals surface area contributed by atoms with Crippen molar-refractivity contribution in [1.29, 1.82) is 0 Å². The van der Waals surface area contributed by atoms with Gasteiger partial charge in [0.25, 0.3) is 0 Å². The Morgan fingerprint density at radius 2 is 2.11 bits per heavy atom. The summed E-state index contributed by atoms with van der Waals surface area (Å²) in [5.74, 6) is -0.203. The lowest BCUT2D eigenvalue weighted by molar-refractivity contribution is -0.146. The highest BCUT2D eigenvalue weighted by Crippen LogP contribution is 2.32. The maximum Gasteiger partial charge on any atom is 0.328 e. The first kappa shape index (κ1) is 15.0. The Morgan fingerprint density at radius 3 is 2.61 bits per heavy atom. The molecule has 1 aliphatic rings. The van der Waals surface area contributed by atoms with Crippen LogP contribution in [0.1, 0.15) is 33.6 Å². The van der Waals surface area contributed by atoms with Crippen LogP contribution in [0.3, 0.4) is 0 Å². The summed E-state index contributed by atoms with van der Waals surface area (Å²) in [5.41, 5.74) is -0.476. The summed E-state index contributed by atoms with van der Waals surface area (Å²) in [4.78, 5) is 23.5. The van der Waals surface area contributed by atoms with E-state index >= 15 is 0 Å². The van der Waals surface area contributed by atoms with Gasteiger partial charge in [-0.2, -0.15) is 0 Å². The summed E-state index contributed by atoms with van der Waals surface area (Å²) in [7, 11) is 1.32. The smallest absolute Gasteiger partial charge is 0.328 e. The van der Waals surface area contributed by atoms with Crippen LogP contribution in [0.2, 0.25) is 0 Å². The molecule has 1 rings (SSSR count). The first-order chi connectivity index (χ1) is 8.39. The SMILES string of the molecule is COC(=O)C(C)NC(=O)C(C)(C)C1CCCNC1. The van der Waals surface area contributed by atoms with Crippen molar-refractivity contribution in [3.05, 3.63) is 0 Å². The number of piperidine rings is 1. The third kappa shape index (κ3) is 3.45. The van der Waals surface area contributed by atoms with Gasteiger partial charge >= 0.3 is 5.97 Å². The number of carbonyl (C=O) groups is 2. The minimum atomic E-state index is -0.599. The Balaban J connectivity index is 2.60. The predicted octanol–water partition coefficient (Wildman–Crippen LogP) is 0.690. The molecule has 0 aromatic carbocycles. The Morgan fingerprint density at radius 1 is 1.44 bits per heavy atom. The van der Waals surface area contributed by atoms with Crippen LogP contribution in [-0.4, -0.2) is 38.1 Å². The van der Waals surface area contributed by atoms with Crippen LogP contribution in [0.25, 0.3) is 0 Å². The number of methoxy groups -OCH3 is 1. The Bertz CT molecular complexity index is 309. The summed E-state index contributed by atoms with van der Waals surface area (Å²) in [6.45, 7) is 7.38. The zero-order chi connectivity index (χ0) is 13.8. The van der Waals surface area contributed by atoms with Gasteiger partial charge in [-0.05, 0) is 38.8 Å². The quantitative estimate of drug-likeness (QED) is 0.726. The van der Waals surface area contributed by atoms with Crippen LogP contribution >= 0.6 is 0 Å². The molecule has 1 amide bonds. The Hall–Kier alpha value is -1.10. The number of hydrogen-bond acceptors (Lipinski definition) is 4. The molecule has 2 N–H and O–H groups in total. The van der Waals surface area contributed by atoms with E-state index in [9.17, 15) is 9.59 Å². The van der Waals surface area contributed by atoms with Gasteiger partial charge in [0.05, 0.1) is 7.11 Å². The van der Waals surface area contributed by atoms with Crippen molar-refractivity contribution in [2.24, 2.45) is 11.3 Å². The number of hydrogen-bond donors (Lipinski definition) is 2. The molecule has 0 aromatic heterocycles. The second kappa shape index (κ2) is 6.18. The van der Waals surface area contributed by atoms with E-state index in [1.165, 1.54) is 7.11 Å². The van der Waals surface area contributed by atoms with Crippen molar-refractivity contribution in [2.45, 2.75) is 39.7 Å². The highest BCUT2D eigenvalue weighted by molar-refractivity contribution is 5.87. The average molecular weight is 256 g/mol. The van der Waals surface area contributed by atoms with Crippen LogP contribution in [0.5, 0.6) is 0 Å². The van der Waals surface area contributed by atoms with Crippen molar-refractivity contribution in [2.75, 3.05) is 20.2 Å². The van der Waals surface area contributed by atoms with E-state index in [1.54, 1.807) is 6.92 Å². The molecule has 5 heteroatoms. The van der Waals surface area contributed by atoms with Crippen LogP contribution in [-0.2, 0) is 14.3 Å². The molecular formula is C13H24N2O3. The molecule has 1 heterocycles. The van der Waals surface area contributed by atoms with E-state index in [-0.39, 0.29) is 5.91 Å². The normalized spacial score (nSPS) is 22.1. The molecule has 0 aliphatic carbocycles. The molecule has 1 fully saturated rings. The third-order valence-electron chi connectivity index (χ3n) is 3.81. The first-order valence-corrected chi connectivity index (χ1v) is 6.49. The van der Waals surface area contributed by atoms with Crippen molar-refractivity contribution < 1.29 is 14.3 Å². The Kier molecular flexibility index (Phi) is 5.14. The van der Waals surface area contributed by atoms with E-state index in [0.29, 0.717) is 5.92 Å². The fourth-order valence-corrected chi connectivity index (χ4v) is 2.27. The summed E-state index contributed by atoms with van der Waals surface area (Å²) < 4.78 is 4.61. The molecule has 2 unspecified atom stereocenters. The number of rotatable bonds is 4. The van der Waals surface area contributed by atoms with Crippen LogP contribution < -0.4 is 10.6 Å². The molecule has 0 saturated carbocycles. The van der Waals surface area contributed by atoms with Gasteiger partial charge in [-0.1, -0.05) is 13.8 Å². The molecule has 0 bridgehead atoms. The van der Waals surface area contributed by atoms with Gasteiger partial charge in [0.2, 0.25) is 5.91 Å². The van der Waals surface area contributed by atoms with E-state index in [4.69, 9.17) is 0 Å². The standard InChI is InChI=1S/C13H24N2O3/c1-9(11(16)18-4)15-12(17)13(2,3)10-6-5-7-14-8-10/h9-10,14H,5-8H2,1-4H3,(H,15,17). The van der Waals surface area contributed by atoms with Crippen LogP contribution in [0.15, 0.2) is 0 Å². The zero-order valence-corrected chi connectivity index (χ0v) is 11.7. The lowest BCUT2D eigenvalue weighted by Crippen LogP contribution is -2.51. The predicted molar refractivity (Wildman–Crippen MR) is 69.0 cm³/mol. The number of esters is 1. The summed E-state index contributed by atoms with van der Waals surface area (Å²) in [6.07, 6.45) is 2.13. The van der Waals surface area contributed by atoms with Crippen molar-refractivity contribution >= 4 is 11.9 Å². The molecule has 5 nitrogen and oxygen atoms in total. The maximum atomic E-state index is 12.2. The number of amides is 1. The second-order valence-electron chi connectivity index (χ2n) is 5.48. The van der Waals surface area contributed by atoms with Gasteiger partial charge in [-0.25, -0.2) is 4.79 Å². The monoisotopic (exact) mass is 256 g/mol. The second-order valence-corrected chi connectivity index (χ2v) is 5.48. The number of ether oxygens (including phenoxy) is 1. The van der Waals surface area contributed by atoms with Crippen LogP contribution in [0, 0.1) is 11.3 Å². The average Bonchev–Trinajstić information content (AvgIpc) is 2.38. The highest BCUT2D eigenvalue weighted by Gasteiger charge is 2.38. The first-order valence-electron chi connectivity index (χ1n) is 6.49. The summed E-state index contributed by atoms with van der Waals surface area (Å²) in [6, 6.07) is -0.599. The molecular weight excluding hydrogens is 232 g/mol. The van der Waals surface area contributed by atoms with E-state index in [2.05, 4.69) is 15.4 Å². The minimum absolute atomic E-state index is 0.0888. The lowest BCUT2D eigenvalue weighted by atomic mass is 9.74. The fraction of sp³-hybridized carbons (Fsp3) is 0.846. The molecule has 2 atom stereocenters. The van der Waals surface area contributed by atoms with E-state index in [1.807, 2.05) is 13.8 Å². The van der Waals surface area contributed by atoms with Crippen molar-refractivity contribution in [1.82, 2.24) is 10.6 Å². The maximum absolute atomic E-state index is 12.2. The van der Waals surface area contributed by atoms with Crippen molar-refractivity contribution in [3.8, 4) is 0 Å². The third-order valence-corrected chi connectivity index (χ3v) is 3.81. The van der Waals surface area contributed by atoms with Gasteiger partial charge in [0.15, 0.2) is 0 Å². The largest absolute Gasteiger partial charge is 0.467 e. The van der Waals surface area contributed by atoms with Gasteiger partial charge in [-0.15, -0.1) is 0 Å². The molecule has 1 saturated heterocycles. The van der Waals surface area contributed by atoms with Gasteiger partial charge < -0.3 is 15.4 Å². The van der Waals surface area contributed by atoms with Gasteiger partial charge in [-0.3, -0.25) is 4.79 Å². The molecule has 0 radical (unpaired) electrons. The zero-order valence-electron chi connectivity index (χ0n) is 11.7. The van der Waals surface area contributed by atoms with Crippen LogP contribution in [0.4, 0.5) is 0 Å². The molecule has 104 valence electrons. The number of nitrogens with one attached hydrogen (secondary N) is 2. The lowest BCUT2D eigenvalue weighted by Gasteiger charge is -2.36. The Labute approximate surface area is 109 Å². The molecule has 0 spiro atoms. The highest BCUT2D eigenvalue weighted by atomic mass is 16.5. The fourth-order valence-electron chi connectivity index (χ4n) is 2.27. The summed E-state index contributed by atoms with van der Waals surface area (Å²) >= 11 is 0. The summed E-state index contributed by atoms with van der Waals surface area (Å²) in [5, 5.41) is 6.04. The molecule has 0 aromatic rings. The molecule has 18 heavy (non-hydrogen) atoms. The van der Waals surface area contributed by atoms with E-state index < -0.39 is 17.4 Å². The minimum Gasteiger partial charge on any atom is -0.467 e. The number of carbonyl (C=O) groups excluding carboxylic acids is 2. The van der Waals surface area contributed by atoms with Gasteiger partial charge in [0, 0.05) is 5.41 Å². The van der Waals surface area contributed by atoms with E-state index in [0.717, 1.165) is 25.9 Å². The molecule has 1 aliphatic heterocycles. The topological polar surface area (TPSA) is 67.4 Å².